The number of nitro benzene ring substituents is 1. The molecule has 1 aromatic rings. The normalized spacial score (nSPS) is 25.7. The average molecular weight is 269 g/mol. The van der Waals surface area contributed by atoms with Crippen LogP contribution in [0, 0.1) is 27.7 Å². The van der Waals surface area contributed by atoms with Gasteiger partial charge in [-0.3, -0.25) is 10.1 Å². The predicted molar refractivity (Wildman–Crippen MR) is 65.1 cm³/mol. The van der Waals surface area contributed by atoms with Crippen LogP contribution in [-0.4, -0.2) is 30.6 Å². The van der Waals surface area contributed by atoms with Crippen molar-refractivity contribution in [3.8, 4) is 0 Å². The molecule has 0 aliphatic carbocycles. The molecular formula is C12H13F2N3O2. The summed E-state index contributed by atoms with van der Waals surface area (Å²) in [4.78, 5) is 12.0. The Morgan fingerprint density at radius 3 is 2.89 bits per heavy atom. The lowest BCUT2D eigenvalue weighted by atomic mass is 10.0. The zero-order valence-electron chi connectivity index (χ0n) is 10.1. The molecular weight excluding hydrogens is 256 g/mol. The molecule has 0 amide bonds. The lowest BCUT2D eigenvalue weighted by Crippen LogP contribution is -2.34. The van der Waals surface area contributed by atoms with E-state index >= 15 is 0 Å². The van der Waals surface area contributed by atoms with Gasteiger partial charge in [-0.2, -0.15) is 4.39 Å². The second-order valence-electron chi connectivity index (χ2n) is 4.98. The van der Waals surface area contributed by atoms with Crippen LogP contribution in [0.1, 0.15) is 6.42 Å². The summed E-state index contributed by atoms with van der Waals surface area (Å²) >= 11 is 0. The van der Waals surface area contributed by atoms with Crippen molar-refractivity contribution in [3.05, 3.63) is 33.9 Å². The molecule has 2 aliphatic rings. The van der Waals surface area contributed by atoms with Crippen LogP contribution < -0.4 is 10.2 Å². The summed E-state index contributed by atoms with van der Waals surface area (Å²) in [6.07, 6.45) is 0.882. The predicted octanol–water partition coefficient (Wildman–Crippen LogP) is 1.67. The van der Waals surface area contributed by atoms with Crippen LogP contribution >= 0.6 is 0 Å². The third-order valence-corrected chi connectivity index (χ3v) is 3.95. The molecule has 0 radical (unpaired) electrons. The van der Waals surface area contributed by atoms with Crippen molar-refractivity contribution in [1.29, 1.82) is 0 Å². The first-order valence-corrected chi connectivity index (χ1v) is 6.18. The molecule has 2 aliphatic heterocycles. The number of anilines is 1. The van der Waals surface area contributed by atoms with E-state index in [1.807, 2.05) is 0 Å². The zero-order valence-corrected chi connectivity index (χ0v) is 10.1. The van der Waals surface area contributed by atoms with Gasteiger partial charge in [-0.05, 0) is 12.3 Å². The standard InChI is InChI=1S/C12H13F2N3O2/c13-8-3-9(14)12(17(18)19)10(4-8)16-2-1-7-5-15-6-11(7)16/h3-4,7,11,15H,1-2,5-6H2/t7-,11+/m0/s1. The van der Waals surface area contributed by atoms with Crippen molar-refractivity contribution in [2.24, 2.45) is 5.92 Å². The van der Waals surface area contributed by atoms with Gasteiger partial charge in [0.1, 0.15) is 11.5 Å². The van der Waals surface area contributed by atoms with Gasteiger partial charge in [0.05, 0.1) is 4.92 Å². The average Bonchev–Trinajstić information content (AvgIpc) is 2.87. The third-order valence-electron chi connectivity index (χ3n) is 3.95. The summed E-state index contributed by atoms with van der Waals surface area (Å²) < 4.78 is 27.0. The lowest BCUT2D eigenvalue weighted by Gasteiger charge is -2.25. The molecule has 1 N–H and O–H groups in total. The Balaban J connectivity index is 2.06. The number of fused-ring (bicyclic) bond motifs is 1. The quantitative estimate of drug-likeness (QED) is 0.655. The molecule has 0 unspecified atom stereocenters. The number of nitro groups is 1. The van der Waals surface area contributed by atoms with Gasteiger partial charge in [-0.1, -0.05) is 0 Å². The number of halogens is 2. The molecule has 3 rings (SSSR count). The Morgan fingerprint density at radius 2 is 2.16 bits per heavy atom. The largest absolute Gasteiger partial charge is 0.361 e. The van der Waals surface area contributed by atoms with Gasteiger partial charge in [0, 0.05) is 37.8 Å². The molecule has 0 aromatic heterocycles. The van der Waals surface area contributed by atoms with Gasteiger partial charge >= 0.3 is 5.69 Å². The smallest absolute Gasteiger partial charge is 0.328 e. The first-order chi connectivity index (χ1) is 9.08. The van der Waals surface area contributed by atoms with E-state index in [4.69, 9.17) is 0 Å². The Morgan fingerprint density at radius 1 is 1.37 bits per heavy atom. The Kier molecular flexibility index (Phi) is 2.85. The Labute approximate surface area is 108 Å². The molecule has 2 atom stereocenters. The van der Waals surface area contributed by atoms with Gasteiger partial charge < -0.3 is 10.2 Å². The minimum atomic E-state index is -1.12. The first-order valence-electron chi connectivity index (χ1n) is 6.18. The second kappa shape index (κ2) is 4.41. The molecule has 2 fully saturated rings. The van der Waals surface area contributed by atoms with Gasteiger partial charge in [0.15, 0.2) is 0 Å². The third kappa shape index (κ3) is 1.94. The second-order valence-corrected chi connectivity index (χ2v) is 4.98. The minimum absolute atomic E-state index is 0.0544. The maximum atomic E-state index is 13.6. The number of rotatable bonds is 2. The highest BCUT2D eigenvalue weighted by Crippen LogP contribution is 2.38. The zero-order chi connectivity index (χ0) is 13.6. The fourth-order valence-electron chi connectivity index (χ4n) is 3.10. The van der Waals surface area contributed by atoms with Crippen LogP contribution in [0.15, 0.2) is 12.1 Å². The first kappa shape index (κ1) is 12.3. The van der Waals surface area contributed by atoms with E-state index in [9.17, 15) is 18.9 Å². The fraction of sp³-hybridized carbons (Fsp3) is 0.500. The molecule has 2 saturated heterocycles. The van der Waals surface area contributed by atoms with E-state index in [0.717, 1.165) is 19.0 Å². The highest BCUT2D eigenvalue weighted by Gasteiger charge is 2.40. The van der Waals surface area contributed by atoms with Crippen LogP contribution in [0.4, 0.5) is 20.2 Å². The van der Waals surface area contributed by atoms with E-state index in [-0.39, 0.29) is 11.7 Å². The number of nitrogens with zero attached hydrogens (tertiary/aromatic N) is 2. The number of hydrogen-bond acceptors (Lipinski definition) is 4. The summed E-state index contributed by atoms with van der Waals surface area (Å²) in [5.41, 5.74) is -0.576. The monoisotopic (exact) mass is 269 g/mol. The molecule has 7 heteroatoms. The van der Waals surface area contributed by atoms with E-state index in [1.165, 1.54) is 0 Å². The topological polar surface area (TPSA) is 58.4 Å². The summed E-state index contributed by atoms with van der Waals surface area (Å²) in [6.45, 7) is 2.15. The summed E-state index contributed by atoms with van der Waals surface area (Å²) in [5.74, 6) is -1.51. The summed E-state index contributed by atoms with van der Waals surface area (Å²) in [7, 11) is 0. The molecule has 0 saturated carbocycles. The van der Waals surface area contributed by atoms with Crippen LogP contribution in [0.2, 0.25) is 0 Å². The maximum absolute atomic E-state index is 13.6. The highest BCUT2D eigenvalue weighted by atomic mass is 19.1. The van der Waals surface area contributed by atoms with E-state index in [0.29, 0.717) is 25.1 Å². The van der Waals surface area contributed by atoms with Crippen molar-refractivity contribution in [2.75, 3.05) is 24.5 Å². The molecule has 5 nitrogen and oxygen atoms in total. The number of benzene rings is 1. The van der Waals surface area contributed by atoms with E-state index in [1.54, 1.807) is 4.90 Å². The van der Waals surface area contributed by atoms with Crippen molar-refractivity contribution in [1.82, 2.24) is 5.32 Å². The van der Waals surface area contributed by atoms with Gasteiger partial charge in [0.25, 0.3) is 0 Å². The van der Waals surface area contributed by atoms with Crippen LogP contribution in [-0.2, 0) is 0 Å². The molecule has 102 valence electrons. The number of hydrogen-bond donors (Lipinski definition) is 1. The molecule has 0 bridgehead atoms. The van der Waals surface area contributed by atoms with Crippen molar-refractivity contribution < 1.29 is 13.7 Å². The molecule has 2 heterocycles. The SMILES string of the molecule is O=[N+]([O-])c1c(F)cc(F)cc1N1CC[C@H]2CNC[C@H]21. The van der Waals surface area contributed by atoms with Crippen LogP contribution in [0.25, 0.3) is 0 Å². The Bertz CT molecular complexity index is 538. The van der Waals surface area contributed by atoms with Crippen LogP contribution in [0.5, 0.6) is 0 Å². The molecule has 19 heavy (non-hydrogen) atoms. The maximum Gasteiger partial charge on any atom is 0.328 e. The van der Waals surface area contributed by atoms with E-state index < -0.39 is 22.2 Å². The van der Waals surface area contributed by atoms with Gasteiger partial charge in [-0.25, -0.2) is 4.39 Å². The van der Waals surface area contributed by atoms with Gasteiger partial charge in [-0.15, -0.1) is 0 Å². The minimum Gasteiger partial charge on any atom is -0.361 e. The fourth-order valence-corrected chi connectivity index (χ4v) is 3.10. The summed E-state index contributed by atoms with van der Waals surface area (Å²) in [6, 6.07) is 1.70. The Hall–Kier alpha value is -1.76. The highest BCUT2D eigenvalue weighted by molar-refractivity contribution is 5.65. The van der Waals surface area contributed by atoms with Crippen LogP contribution in [0.3, 0.4) is 0 Å². The lowest BCUT2D eigenvalue weighted by molar-refractivity contribution is -0.386. The molecule has 0 spiro atoms. The number of nitrogens with one attached hydrogen (secondary N) is 1. The van der Waals surface area contributed by atoms with Crippen molar-refractivity contribution in [3.63, 3.8) is 0 Å². The van der Waals surface area contributed by atoms with Crippen molar-refractivity contribution >= 4 is 11.4 Å². The van der Waals surface area contributed by atoms with Crippen molar-refractivity contribution in [2.45, 2.75) is 12.5 Å². The van der Waals surface area contributed by atoms with E-state index in [2.05, 4.69) is 5.32 Å². The van der Waals surface area contributed by atoms with Gasteiger partial charge in [0.2, 0.25) is 5.82 Å². The summed E-state index contributed by atoms with van der Waals surface area (Å²) in [5, 5.41) is 14.2. The molecule has 1 aromatic carbocycles.